The van der Waals surface area contributed by atoms with E-state index >= 15 is 0 Å². The molecule has 0 aromatic heterocycles. The summed E-state index contributed by atoms with van der Waals surface area (Å²) in [6.45, 7) is -1.81. The summed E-state index contributed by atoms with van der Waals surface area (Å²) in [5, 5.41) is 4.99. The Hall–Kier alpha value is -2.37. The summed E-state index contributed by atoms with van der Waals surface area (Å²) in [5.74, 6) is -0.248. The van der Waals surface area contributed by atoms with Gasteiger partial charge in [-0.25, -0.2) is 4.79 Å². The molecule has 2 N–H and O–H groups in total. The number of carbonyl (C=O) groups is 1. The van der Waals surface area contributed by atoms with E-state index in [1.54, 1.807) is 0 Å². The second-order valence-corrected chi connectivity index (χ2v) is 6.61. The Labute approximate surface area is 163 Å². The second-order valence-electron chi connectivity index (χ2n) is 6.61. The summed E-state index contributed by atoms with van der Waals surface area (Å²) in [7, 11) is 1.26. The maximum atomic E-state index is 12.4. The Morgan fingerprint density at radius 2 is 1.90 bits per heavy atom. The van der Waals surface area contributed by atoms with Crippen molar-refractivity contribution >= 4 is 11.7 Å². The molecule has 0 saturated carbocycles. The average molecular weight is 429 g/mol. The lowest BCUT2D eigenvalue weighted by atomic mass is 10.1. The number of methoxy groups -OCH3 is 1. The van der Waals surface area contributed by atoms with Crippen molar-refractivity contribution in [3.63, 3.8) is 0 Å². The van der Waals surface area contributed by atoms with Crippen molar-refractivity contribution < 1.29 is 40.6 Å². The number of rotatable bonds is 7. The third-order valence-corrected chi connectivity index (χ3v) is 4.14. The maximum absolute atomic E-state index is 12.4. The molecular weight excluding hydrogens is 408 g/mol. The highest BCUT2D eigenvalue weighted by atomic mass is 19.4. The molecule has 1 atom stereocenters. The largest absolute Gasteiger partial charge is 0.493 e. The molecule has 0 aliphatic carbocycles. The van der Waals surface area contributed by atoms with Gasteiger partial charge in [0.1, 0.15) is 0 Å². The molecule has 2 amide bonds. The summed E-state index contributed by atoms with van der Waals surface area (Å²) in [6.07, 6.45) is -8.28. The van der Waals surface area contributed by atoms with Crippen LogP contribution in [0.1, 0.15) is 6.42 Å². The Balaban J connectivity index is 1.84. The van der Waals surface area contributed by atoms with E-state index in [1.807, 2.05) is 0 Å². The van der Waals surface area contributed by atoms with E-state index in [2.05, 4.69) is 15.4 Å². The predicted molar refractivity (Wildman–Crippen MR) is 92.2 cm³/mol. The van der Waals surface area contributed by atoms with Crippen LogP contribution in [0.3, 0.4) is 0 Å². The molecule has 29 heavy (non-hydrogen) atoms. The minimum Gasteiger partial charge on any atom is -0.493 e. The first kappa shape index (κ1) is 22.9. The normalized spacial score (nSPS) is 17.8. The lowest BCUT2D eigenvalue weighted by Gasteiger charge is -2.18. The Morgan fingerprint density at radius 1 is 1.17 bits per heavy atom. The Kier molecular flexibility index (Phi) is 7.44. The van der Waals surface area contributed by atoms with E-state index in [0.717, 1.165) is 0 Å². The fourth-order valence-electron chi connectivity index (χ4n) is 2.92. The van der Waals surface area contributed by atoms with Gasteiger partial charge in [0.05, 0.1) is 13.7 Å². The Morgan fingerprint density at radius 3 is 2.52 bits per heavy atom. The maximum Gasteiger partial charge on any atom is 0.422 e. The van der Waals surface area contributed by atoms with Gasteiger partial charge in [-0.1, -0.05) is 0 Å². The molecule has 2 rings (SSSR count). The highest BCUT2D eigenvalue weighted by Crippen LogP contribution is 2.31. The number of hydrogen-bond acceptors (Lipinski definition) is 4. The van der Waals surface area contributed by atoms with Gasteiger partial charge in [-0.3, -0.25) is 4.90 Å². The topological polar surface area (TPSA) is 62.8 Å². The van der Waals surface area contributed by atoms with Crippen LogP contribution in [0.5, 0.6) is 11.5 Å². The smallest absolute Gasteiger partial charge is 0.422 e. The summed E-state index contributed by atoms with van der Waals surface area (Å²) in [4.78, 5) is 13.3. The van der Waals surface area contributed by atoms with E-state index in [-0.39, 0.29) is 36.2 Å². The molecule has 1 heterocycles. The van der Waals surface area contributed by atoms with Crippen LogP contribution in [-0.4, -0.2) is 63.2 Å². The van der Waals surface area contributed by atoms with E-state index in [4.69, 9.17) is 4.74 Å². The number of benzene rings is 1. The van der Waals surface area contributed by atoms with Crippen LogP contribution in [0.2, 0.25) is 0 Å². The number of alkyl halides is 6. The van der Waals surface area contributed by atoms with Crippen LogP contribution in [0, 0.1) is 5.92 Å². The van der Waals surface area contributed by atoms with Crippen LogP contribution >= 0.6 is 0 Å². The van der Waals surface area contributed by atoms with E-state index in [0.29, 0.717) is 13.0 Å². The van der Waals surface area contributed by atoms with Crippen LogP contribution in [0.15, 0.2) is 18.2 Å². The van der Waals surface area contributed by atoms with Gasteiger partial charge in [0.15, 0.2) is 18.1 Å². The summed E-state index contributed by atoms with van der Waals surface area (Å²) in [6, 6.07) is 3.31. The SMILES string of the molecule is COc1ccc(NC(=O)NCC2CCN(CC(F)(F)F)C2)cc1OCC(F)(F)F. The molecule has 164 valence electrons. The standard InChI is InChI=1S/C17H21F6N3O3/c1-28-13-3-2-12(6-14(13)29-10-17(21,22)23)25-15(27)24-7-11-4-5-26(8-11)9-16(18,19)20/h2-3,6,11H,4-5,7-10H2,1H3,(H2,24,25,27). The molecule has 6 nitrogen and oxygen atoms in total. The van der Waals surface area contributed by atoms with E-state index < -0.39 is 31.5 Å². The number of urea groups is 1. The summed E-state index contributed by atoms with van der Waals surface area (Å²) >= 11 is 0. The van der Waals surface area contributed by atoms with Crippen molar-refractivity contribution in [2.45, 2.75) is 18.8 Å². The van der Waals surface area contributed by atoms with Crippen molar-refractivity contribution in [1.29, 1.82) is 0 Å². The summed E-state index contributed by atoms with van der Waals surface area (Å²) < 4.78 is 83.8. The zero-order valence-corrected chi connectivity index (χ0v) is 15.5. The molecule has 0 spiro atoms. The summed E-state index contributed by atoms with van der Waals surface area (Å²) in [5.41, 5.74) is 0.172. The van der Waals surface area contributed by atoms with Crippen molar-refractivity contribution in [3.05, 3.63) is 18.2 Å². The number of amides is 2. The van der Waals surface area contributed by atoms with Crippen molar-refractivity contribution in [2.24, 2.45) is 5.92 Å². The van der Waals surface area contributed by atoms with Crippen LogP contribution < -0.4 is 20.1 Å². The van der Waals surface area contributed by atoms with E-state index in [9.17, 15) is 31.1 Å². The van der Waals surface area contributed by atoms with Crippen molar-refractivity contribution in [3.8, 4) is 11.5 Å². The molecule has 1 aromatic rings. The number of ether oxygens (including phenoxy) is 2. The lowest BCUT2D eigenvalue weighted by Crippen LogP contribution is -2.36. The first-order valence-corrected chi connectivity index (χ1v) is 8.67. The van der Waals surface area contributed by atoms with Gasteiger partial charge in [0, 0.05) is 24.8 Å². The quantitative estimate of drug-likeness (QED) is 0.650. The van der Waals surface area contributed by atoms with Crippen molar-refractivity contribution in [2.75, 3.05) is 45.2 Å². The lowest BCUT2D eigenvalue weighted by molar-refractivity contribution is -0.153. The van der Waals surface area contributed by atoms with Crippen LogP contribution in [-0.2, 0) is 0 Å². The number of halogens is 6. The molecule has 0 bridgehead atoms. The van der Waals surface area contributed by atoms with Gasteiger partial charge in [0.25, 0.3) is 0 Å². The Bertz CT molecular complexity index is 696. The zero-order valence-electron chi connectivity index (χ0n) is 15.5. The van der Waals surface area contributed by atoms with Gasteiger partial charge in [-0.2, -0.15) is 26.3 Å². The van der Waals surface area contributed by atoms with Gasteiger partial charge >= 0.3 is 18.4 Å². The molecular formula is C17H21F6N3O3. The fraction of sp³-hybridized carbons (Fsp3) is 0.588. The highest BCUT2D eigenvalue weighted by molar-refractivity contribution is 5.89. The predicted octanol–water partition coefficient (Wildman–Crippen LogP) is 3.64. The number of hydrogen-bond donors (Lipinski definition) is 2. The number of likely N-dealkylation sites (tertiary alicyclic amines) is 1. The van der Waals surface area contributed by atoms with Crippen LogP contribution in [0.4, 0.5) is 36.8 Å². The van der Waals surface area contributed by atoms with Gasteiger partial charge < -0.3 is 20.1 Å². The highest BCUT2D eigenvalue weighted by Gasteiger charge is 2.34. The van der Waals surface area contributed by atoms with Crippen molar-refractivity contribution in [1.82, 2.24) is 10.2 Å². The van der Waals surface area contributed by atoms with Gasteiger partial charge in [-0.15, -0.1) is 0 Å². The molecule has 1 aliphatic heterocycles. The third-order valence-electron chi connectivity index (χ3n) is 4.14. The zero-order chi connectivity index (χ0) is 21.7. The first-order valence-electron chi connectivity index (χ1n) is 8.67. The molecule has 1 aromatic carbocycles. The second kappa shape index (κ2) is 9.42. The van der Waals surface area contributed by atoms with E-state index in [1.165, 1.54) is 30.2 Å². The minimum absolute atomic E-state index is 0.0657. The monoisotopic (exact) mass is 429 g/mol. The number of nitrogens with one attached hydrogen (secondary N) is 2. The molecule has 0 radical (unpaired) electrons. The third kappa shape index (κ3) is 8.26. The number of anilines is 1. The first-order chi connectivity index (χ1) is 13.4. The fourth-order valence-corrected chi connectivity index (χ4v) is 2.92. The average Bonchev–Trinajstić information content (AvgIpc) is 3.03. The number of carbonyl (C=O) groups excluding carboxylic acids is 1. The minimum atomic E-state index is -4.53. The van der Waals surface area contributed by atoms with Gasteiger partial charge in [0.2, 0.25) is 0 Å². The molecule has 1 aliphatic rings. The molecule has 1 saturated heterocycles. The van der Waals surface area contributed by atoms with Gasteiger partial charge in [-0.05, 0) is 31.0 Å². The molecule has 12 heteroatoms. The molecule has 1 fully saturated rings. The number of nitrogens with zero attached hydrogens (tertiary/aromatic N) is 1. The van der Waals surface area contributed by atoms with Crippen LogP contribution in [0.25, 0.3) is 0 Å². The molecule has 1 unspecified atom stereocenters.